The number of carbonyl (C=O) groups excluding carboxylic acids is 2. The molecule has 194 valence electrons. The van der Waals surface area contributed by atoms with Gasteiger partial charge in [0, 0.05) is 23.9 Å². The van der Waals surface area contributed by atoms with Crippen molar-refractivity contribution in [2.45, 2.75) is 84.3 Å². The van der Waals surface area contributed by atoms with Crippen molar-refractivity contribution < 1.29 is 27.5 Å². The van der Waals surface area contributed by atoms with Gasteiger partial charge in [0.1, 0.15) is 10.4 Å². The molecule has 14 heteroatoms. The number of carbonyl (C=O) groups is 2. The summed E-state index contributed by atoms with van der Waals surface area (Å²) in [6.07, 6.45) is -5.44. The standard InChI is InChI=1S/C21H28F3N5O5S/c1-11-13(10-28(17(25)31)26-18(32)34-20(2,3)4)35-16-14(11)15(30)29(12-6-7-12)19(33)27(16)9-5-8-21(22,23)24/h12H,5-10H2,1-4H3,(H2,25,31)(H,26,32). The van der Waals surface area contributed by atoms with Crippen LogP contribution in [0.3, 0.4) is 0 Å². The number of nitrogens with one attached hydrogen (secondary N) is 1. The first-order valence-electron chi connectivity index (χ1n) is 11.0. The van der Waals surface area contributed by atoms with Crippen LogP contribution in [0, 0.1) is 6.92 Å². The number of thiophene rings is 1. The van der Waals surface area contributed by atoms with Crippen LogP contribution in [0.1, 0.15) is 62.9 Å². The molecule has 0 radical (unpaired) electrons. The summed E-state index contributed by atoms with van der Waals surface area (Å²) < 4.78 is 45.6. The van der Waals surface area contributed by atoms with E-state index in [2.05, 4.69) is 5.43 Å². The third kappa shape index (κ3) is 6.35. The van der Waals surface area contributed by atoms with Gasteiger partial charge in [0.25, 0.3) is 5.56 Å². The molecule has 0 spiro atoms. The topological polar surface area (TPSA) is 129 Å². The number of nitrogens with two attached hydrogens (primary N) is 1. The Kier molecular flexibility index (Phi) is 7.25. The van der Waals surface area contributed by atoms with Crippen molar-refractivity contribution in [3.05, 3.63) is 31.3 Å². The van der Waals surface area contributed by atoms with Gasteiger partial charge in [-0.3, -0.25) is 13.9 Å². The Hall–Kier alpha value is -3.03. The summed E-state index contributed by atoms with van der Waals surface area (Å²) in [7, 11) is 0. The van der Waals surface area contributed by atoms with Crippen LogP contribution in [0.4, 0.5) is 22.8 Å². The molecule has 0 atom stereocenters. The SMILES string of the molecule is Cc1c(CN(NC(=O)OC(C)(C)C)C(N)=O)sc2c1c(=O)n(C1CC1)c(=O)n2CCCC(F)(F)F. The van der Waals surface area contributed by atoms with Gasteiger partial charge in [0.15, 0.2) is 0 Å². The summed E-state index contributed by atoms with van der Waals surface area (Å²) in [5, 5.41) is 1.00. The third-order valence-corrected chi connectivity index (χ3v) is 6.59. The number of hydrazine groups is 1. The molecule has 2 aromatic rings. The Morgan fingerprint density at radius 3 is 2.37 bits per heavy atom. The molecule has 0 saturated heterocycles. The van der Waals surface area contributed by atoms with Crippen LogP contribution in [-0.4, -0.2) is 38.0 Å². The number of halogens is 3. The van der Waals surface area contributed by atoms with Crippen LogP contribution in [0.2, 0.25) is 0 Å². The minimum atomic E-state index is -4.38. The Balaban J connectivity index is 2.02. The average Bonchev–Trinajstić information content (AvgIpc) is 3.46. The van der Waals surface area contributed by atoms with E-state index in [0.29, 0.717) is 23.3 Å². The van der Waals surface area contributed by atoms with E-state index in [4.69, 9.17) is 10.5 Å². The highest BCUT2D eigenvalue weighted by molar-refractivity contribution is 7.18. The highest BCUT2D eigenvalue weighted by Gasteiger charge is 2.32. The van der Waals surface area contributed by atoms with Crippen LogP contribution in [0.5, 0.6) is 0 Å². The molecule has 1 aliphatic carbocycles. The third-order valence-electron chi connectivity index (χ3n) is 5.29. The molecule has 3 amide bonds. The van der Waals surface area contributed by atoms with Crippen LogP contribution in [0.25, 0.3) is 10.2 Å². The fraction of sp³-hybridized carbons (Fsp3) is 0.619. The van der Waals surface area contributed by atoms with Gasteiger partial charge in [-0.05, 0) is 52.5 Å². The molecular weight excluding hydrogens is 491 g/mol. The second kappa shape index (κ2) is 9.55. The average molecular weight is 520 g/mol. The fourth-order valence-electron chi connectivity index (χ4n) is 3.58. The smallest absolute Gasteiger partial charge is 0.426 e. The van der Waals surface area contributed by atoms with Crippen LogP contribution in [0.15, 0.2) is 9.59 Å². The molecule has 35 heavy (non-hydrogen) atoms. The Labute approximate surface area is 202 Å². The Morgan fingerprint density at radius 2 is 1.86 bits per heavy atom. The van der Waals surface area contributed by atoms with Crippen molar-refractivity contribution in [2.24, 2.45) is 5.73 Å². The predicted molar refractivity (Wildman–Crippen MR) is 123 cm³/mol. The summed E-state index contributed by atoms with van der Waals surface area (Å²) >= 11 is 0.990. The first kappa shape index (κ1) is 26.6. The Morgan fingerprint density at radius 1 is 1.23 bits per heavy atom. The summed E-state index contributed by atoms with van der Waals surface area (Å²) in [6.45, 7) is 6.07. The molecule has 2 heterocycles. The normalized spacial score (nSPS) is 14.3. The van der Waals surface area contributed by atoms with Gasteiger partial charge < -0.3 is 10.5 Å². The van der Waals surface area contributed by atoms with E-state index in [-0.39, 0.29) is 35.8 Å². The summed E-state index contributed by atoms with van der Waals surface area (Å²) in [5.74, 6) is 0. The van der Waals surface area contributed by atoms with Gasteiger partial charge in [-0.15, -0.1) is 11.3 Å². The molecule has 1 saturated carbocycles. The molecule has 10 nitrogen and oxygen atoms in total. The maximum atomic E-state index is 13.2. The van der Waals surface area contributed by atoms with E-state index < -0.39 is 41.6 Å². The number of fused-ring (bicyclic) bond motifs is 1. The lowest BCUT2D eigenvalue weighted by Gasteiger charge is -2.24. The number of urea groups is 1. The molecule has 1 fully saturated rings. The van der Waals surface area contributed by atoms with Gasteiger partial charge in [-0.25, -0.2) is 24.8 Å². The number of primary amides is 1. The zero-order valence-corrected chi connectivity index (χ0v) is 20.6. The monoisotopic (exact) mass is 519 g/mol. The summed E-state index contributed by atoms with van der Waals surface area (Å²) in [5.41, 5.74) is 6.09. The lowest BCUT2D eigenvalue weighted by atomic mass is 10.2. The number of rotatable bonds is 6. The number of nitrogens with zero attached hydrogens (tertiary/aromatic N) is 3. The van der Waals surface area contributed by atoms with Gasteiger partial charge >= 0.3 is 24.0 Å². The molecule has 1 aliphatic rings. The molecule has 2 aromatic heterocycles. The summed E-state index contributed by atoms with van der Waals surface area (Å²) in [4.78, 5) is 51.0. The molecule has 0 aromatic carbocycles. The van der Waals surface area contributed by atoms with Crippen molar-refractivity contribution in [1.29, 1.82) is 0 Å². The van der Waals surface area contributed by atoms with Gasteiger partial charge in [0.05, 0.1) is 11.9 Å². The summed E-state index contributed by atoms with van der Waals surface area (Å²) in [6, 6.07) is -1.28. The lowest BCUT2D eigenvalue weighted by Crippen LogP contribution is -2.49. The van der Waals surface area contributed by atoms with E-state index in [1.807, 2.05) is 0 Å². The van der Waals surface area contributed by atoms with Crippen LogP contribution in [-0.2, 0) is 17.8 Å². The lowest BCUT2D eigenvalue weighted by molar-refractivity contribution is -0.135. The van der Waals surface area contributed by atoms with E-state index >= 15 is 0 Å². The zero-order valence-electron chi connectivity index (χ0n) is 19.8. The quantitative estimate of drug-likeness (QED) is 0.564. The van der Waals surface area contributed by atoms with E-state index in [9.17, 15) is 32.3 Å². The Bertz CT molecular complexity index is 1250. The second-order valence-electron chi connectivity index (χ2n) is 9.43. The first-order chi connectivity index (χ1) is 16.1. The molecule has 0 aliphatic heterocycles. The highest BCUT2D eigenvalue weighted by atomic mass is 32.1. The molecule has 0 unspecified atom stereocenters. The van der Waals surface area contributed by atoms with E-state index in [0.717, 1.165) is 20.9 Å². The highest BCUT2D eigenvalue weighted by Crippen LogP contribution is 2.35. The van der Waals surface area contributed by atoms with Crippen LogP contribution < -0.4 is 22.4 Å². The van der Waals surface area contributed by atoms with Gasteiger partial charge in [-0.1, -0.05) is 0 Å². The van der Waals surface area contributed by atoms with Crippen molar-refractivity contribution >= 4 is 33.7 Å². The van der Waals surface area contributed by atoms with Crippen molar-refractivity contribution in [3.8, 4) is 0 Å². The molecule has 3 rings (SSSR count). The van der Waals surface area contributed by atoms with Crippen molar-refractivity contribution in [1.82, 2.24) is 19.6 Å². The van der Waals surface area contributed by atoms with Gasteiger partial charge in [0.2, 0.25) is 0 Å². The number of hydrogen-bond donors (Lipinski definition) is 2. The van der Waals surface area contributed by atoms with Gasteiger partial charge in [-0.2, -0.15) is 13.2 Å². The number of aryl methyl sites for hydroxylation is 2. The maximum absolute atomic E-state index is 13.2. The van der Waals surface area contributed by atoms with E-state index in [1.165, 1.54) is 4.57 Å². The predicted octanol–water partition coefficient (Wildman–Crippen LogP) is 3.53. The number of alkyl halides is 3. The minimum absolute atomic E-state index is 0.199. The minimum Gasteiger partial charge on any atom is -0.443 e. The number of hydrogen-bond acceptors (Lipinski definition) is 6. The number of amides is 3. The molecular formula is C21H28F3N5O5S. The zero-order chi connectivity index (χ0) is 26.3. The number of aromatic nitrogens is 2. The first-order valence-corrected chi connectivity index (χ1v) is 11.8. The van der Waals surface area contributed by atoms with Crippen molar-refractivity contribution in [2.75, 3.05) is 0 Å². The van der Waals surface area contributed by atoms with Crippen molar-refractivity contribution in [3.63, 3.8) is 0 Å². The maximum Gasteiger partial charge on any atom is 0.426 e. The second-order valence-corrected chi connectivity index (χ2v) is 10.5. The fourth-order valence-corrected chi connectivity index (χ4v) is 4.88. The molecule has 3 N–H and O–H groups in total. The molecule has 0 bridgehead atoms. The number of ether oxygens (including phenoxy) is 1. The van der Waals surface area contributed by atoms with Crippen LogP contribution >= 0.6 is 11.3 Å². The van der Waals surface area contributed by atoms with E-state index in [1.54, 1.807) is 27.7 Å². The largest absolute Gasteiger partial charge is 0.443 e.